The third kappa shape index (κ3) is 6.33. The molecule has 0 amide bonds. The Labute approximate surface area is 200 Å². The Kier molecular flexibility index (Phi) is 9.26. The first-order chi connectivity index (χ1) is 14.2. The van der Waals surface area contributed by atoms with Crippen molar-refractivity contribution in [3.63, 3.8) is 0 Å². The van der Waals surface area contributed by atoms with Gasteiger partial charge in [-0.25, -0.2) is 0 Å². The number of nitrogens with one attached hydrogen (secondary N) is 1. The van der Waals surface area contributed by atoms with E-state index >= 15 is 0 Å². The summed E-state index contributed by atoms with van der Waals surface area (Å²) in [5.41, 5.74) is 2.78. The standard InChI is InChI=1S/C24H39N5.HI/c1-20-5-7-22(8-6-20)18-27-14-9-21(10-15-27)17-26-24(25-2)29-16-11-23(19-29)28-12-3-4-13-28;/h5-8,21,23H,3-4,9-19H2,1-2H3,(H,25,26);1H. The van der Waals surface area contributed by atoms with Gasteiger partial charge >= 0.3 is 0 Å². The van der Waals surface area contributed by atoms with Gasteiger partial charge in [-0.3, -0.25) is 14.8 Å². The number of nitrogens with zero attached hydrogens (tertiary/aromatic N) is 4. The fraction of sp³-hybridized carbons (Fsp3) is 0.708. The van der Waals surface area contributed by atoms with Crippen molar-refractivity contribution in [2.24, 2.45) is 10.9 Å². The molecule has 0 radical (unpaired) electrons. The highest BCUT2D eigenvalue weighted by molar-refractivity contribution is 14.0. The summed E-state index contributed by atoms with van der Waals surface area (Å²) in [5, 5.41) is 3.70. The Balaban J connectivity index is 0.00000256. The van der Waals surface area contributed by atoms with E-state index in [1.165, 1.54) is 69.4 Å². The van der Waals surface area contributed by atoms with E-state index in [9.17, 15) is 0 Å². The van der Waals surface area contributed by atoms with Crippen molar-refractivity contribution < 1.29 is 0 Å². The van der Waals surface area contributed by atoms with Crippen molar-refractivity contribution in [1.82, 2.24) is 20.0 Å². The van der Waals surface area contributed by atoms with Gasteiger partial charge in [0.1, 0.15) is 0 Å². The van der Waals surface area contributed by atoms with Gasteiger partial charge in [0.2, 0.25) is 0 Å². The van der Waals surface area contributed by atoms with E-state index in [0.717, 1.165) is 44.1 Å². The fourth-order valence-electron chi connectivity index (χ4n) is 5.21. The van der Waals surface area contributed by atoms with Crippen LogP contribution in [0.5, 0.6) is 0 Å². The van der Waals surface area contributed by atoms with E-state index in [4.69, 9.17) is 0 Å². The van der Waals surface area contributed by atoms with Crippen LogP contribution in [0.15, 0.2) is 29.3 Å². The molecule has 30 heavy (non-hydrogen) atoms. The molecule has 3 fully saturated rings. The zero-order valence-corrected chi connectivity index (χ0v) is 21.2. The lowest BCUT2D eigenvalue weighted by atomic mass is 9.96. The Bertz CT molecular complexity index is 663. The number of hydrogen-bond donors (Lipinski definition) is 1. The van der Waals surface area contributed by atoms with Crippen LogP contribution in [0.25, 0.3) is 0 Å². The zero-order valence-electron chi connectivity index (χ0n) is 18.9. The van der Waals surface area contributed by atoms with Gasteiger partial charge in [0.15, 0.2) is 5.96 Å². The Morgan fingerprint density at radius 3 is 2.37 bits per heavy atom. The number of hydrogen-bond acceptors (Lipinski definition) is 3. The average Bonchev–Trinajstić information content (AvgIpc) is 3.43. The monoisotopic (exact) mass is 525 g/mol. The van der Waals surface area contributed by atoms with Crippen LogP contribution in [0.3, 0.4) is 0 Å². The highest BCUT2D eigenvalue weighted by Crippen LogP contribution is 2.21. The van der Waals surface area contributed by atoms with E-state index in [-0.39, 0.29) is 24.0 Å². The van der Waals surface area contributed by atoms with Crippen LogP contribution < -0.4 is 5.32 Å². The predicted octanol–water partition coefficient (Wildman–Crippen LogP) is 3.57. The molecule has 1 N–H and O–H groups in total. The Morgan fingerprint density at radius 1 is 1.00 bits per heavy atom. The van der Waals surface area contributed by atoms with Gasteiger partial charge in [-0.15, -0.1) is 24.0 Å². The second kappa shape index (κ2) is 11.7. The number of likely N-dealkylation sites (tertiary alicyclic amines) is 3. The van der Waals surface area contributed by atoms with E-state index in [2.05, 4.69) is 56.2 Å². The average molecular weight is 526 g/mol. The van der Waals surface area contributed by atoms with Crippen molar-refractivity contribution in [2.75, 3.05) is 52.9 Å². The molecule has 168 valence electrons. The quantitative estimate of drug-likeness (QED) is 0.362. The SMILES string of the molecule is CN=C(NCC1CCN(Cc2ccc(C)cc2)CC1)N1CCC(N2CCCC2)C1.I. The minimum atomic E-state index is 0. The predicted molar refractivity (Wildman–Crippen MR) is 137 cm³/mol. The van der Waals surface area contributed by atoms with E-state index in [1.54, 1.807) is 0 Å². The second-order valence-electron chi connectivity index (χ2n) is 9.26. The number of guanidine groups is 1. The summed E-state index contributed by atoms with van der Waals surface area (Å²) in [4.78, 5) is 12.4. The van der Waals surface area contributed by atoms with Crippen molar-refractivity contribution in [3.8, 4) is 0 Å². The minimum absolute atomic E-state index is 0. The molecule has 6 heteroatoms. The maximum Gasteiger partial charge on any atom is 0.193 e. The van der Waals surface area contributed by atoms with Crippen LogP contribution >= 0.6 is 24.0 Å². The molecule has 0 saturated carbocycles. The van der Waals surface area contributed by atoms with Gasteiger partial charge in [-0.2, -0.15) is 0 Å². The minimum Gasteiger partial charge on any atom is -0.356 e. The molecular formula is C24H40IN5. The van der Waals surface area contributed by atoms with E-state index in [1.807, 2.05) is 7.05 Å². The smallest absolute Gasteiger partial charge is 0.193 e. The summed E-state index contributed by atoms with van der Waals surface area (Å²) in [5.74, 6) is 1.88. The lowest BCUT2D eigenvalue weighted by molar-refractivity contribution is 0.177. The van der Waals surface area contributed by atoms with Crippen molar-refractivity contribution in [3.05, 3.63) is 35.4 Å². The summed E-state index contributed by atoms with van der Waals surface area (Å²) in [6.07, 6.45) is 6.62. The maximum absolute atomic E-state index is 4.60. The Morgan fingerprint density at radius 2 is 1.70 bits per heavy atom. The van der Waals surface area contributed by atoms with Crippen LogP contribution in [-0.2, 0) is 6.54 Å². The normalized spacial score (nSPS) is 24.3. The number of aryl methyl sites for hydroxylation is 1. The van der Waals surface area contributed by atoms with Gasteiger partial charge < -0.3 is 10.2 Å². The molecule has 1 unspecified atom stereocenters. The molecule has 1 aromatic carbocycles. The summed E-state index contributed by atoms with van der Waals surface area (Å²) in [7, 11) is 1.94. The van der Waals surface area contributed by atoms with Crippen molar-refractivity contribution in [1.29, 1.82) is 0 Å². The molecule has 1 atom stereocenters. The van der Waals surface area contributed by atoms with Crippen LogP contribution in [0.4, 0.5) is 0 Å². The van der Waals surface area contributed by atoms with Gasteiger partial charge in [-0.1, -0.05) is 29.8 Å². The summed E-state index contributed by atoms with van der Waals surface area (Å²) < 4.78 is 0. The first-order valence-electron chi connectivity index (χ1n) is 11.7. The molecular weight excluding hydrogens is 485 g/mol. The molecule has 0 aliphatic carbocycles. The first-order valence-corrected chi connectivity index (χ1v) is 11.7. The molecule has 3 heterocycles. The highest BCUT2D eigenvalue weighted by atomic mass is 127. The number of benzene rings is 1. The van der Waals surface area contributed by atoms with Crippen molar-refractivity contribution in [2.45, 2.75) is 51.6 Å². The van der Waals surface area contributed by atoms with E-state index < -0.39 is 0 Å². The third-order valence-electron chi connectivity index (χ3n) is 7.11. The van der Waals surface area contributed by atoms with Crippen molar-refractivity contribution >= 4 is 29.9 Å². The van der Waals surface area contributed by atoms with Gasteiger partial charge in [0.05, 0.1) is 0 Å². The summed E-state index contributed by atoms with van der Waals surface area (Å²) in [6, 6.07) is 9.74. The number of aliphatic imine (C=N–C) groups is 1. The summed E-state index contributed by atoms with van der Waals surface area (Å²) >= 11 is 0. The second-order valence-corrected chi connectivity index (χ2v) is 9.26. The van der Waals surface area contributed by atoms with Gasteiger partial charge in [0.25, 0.3) is 0 Å². The molecule has 0 bridgehead atoms. The molecule has 3 aliphatic rings. The molecule has 0 aromatic heterocycles. The zero-order chi connectivity index (χ0) is 20.1. The molecule has 3 saturated heterocycles. The first kappa shape index (κ1) is 23.8. The van der Waals surface area contributed by atoms with Crippen LogP contribution in [-0.4, -0.2) is 79.6 Å². The maximum atomic E-state index is 4.60. The largest absolute Gasteiger partial charge is 0.356 e. The lowest BCUT2D eigenvalue weighted by Crippen LogP contribution is -2.45. The van der Waals surface area contributed by atoms with E-state index in [0.29, 0.717) is 0 Å². The third-order valence-corrected chi connectivity index (χ3v) is 7.11. The van der Waals surface area contributed by atoms with Gasteiger partial charge in [0, 0.05) is 39.3 Å². The molecule has 5 nitrogen and oxygen atoms in total. The molecule has 4 rings (SSSR count). The number of halogens is 1. The molecule has 1 aromatic rings. The fourth-order valence-corrected chi connectivity index (χ4v) is 5.21. The van der Waals surface area contributed by atoms with Crippen LogP contribution in [0.1, 0.15) is 43.2 Å². The Hall–Kier alpha value is -0.860. The van der Waals surface area contributed by atoms with Crippen LogP contribution in [0, 0.1) is 12.8 Å². The highest BCUT2D eigenvalue weighted by Gasteiger charge is 2.31. The summed E-state index contributed by atoms with van der Waals surface area (Å²) in [6.45, 7) is 11.6. The molecule has 0 spiro atoms. The lowest BCUT2D eigenvalue weighted by Gasteiger charge is -2.33. The van der Waals surface area contributed by atoms with Gasteiger partial charge in [-0.05, 0) is 76.7 Å². The topological polar surface area (TPSA) is 34.1 Å². The van der Waals surface area contributed by atoms with Crippen LogP contribution in [0.2, 0.25) is 0 Å². The molecule has 3 aliphatic heterocycles. The number of rotatable bonds is 5. The number of piperidine rings is 1.